The zero-order chi connectivity index (χ0) is 8.69. The van der Waals surface area contributed by atoms with Crippen molar-refractivity contribution in [3.05, 3.63) is 0 Å². The molecule has 0 radical (unpaired) electrons. The lowest BCUT2D eigenvalue weighted by Crippen LogP contribution is -2.39. The first-order valence-corrected chi connectivity index (χ1v) is 4.70. The Balaban J connectivity index is 3.66. The largest absolute Gasteiger partial charge is 0.329 e. The van der Waals surface area contributed by atoms with Crippen LogP contribution in [0.25, 0.3) is 0 Å². The van der Waals surface area contributed by atoms with Crippen molar-refractivity contribution in [2.24, 2.45) is 5.73 Å². The molecule has 2 heteroatoms. The number of nitrogens with zero attached hydrogens (tertiary/aromatic N) is 1. The molecule has 0 heterocycles. The second kappa shape index (κ2) is 6.62. The van der Waals surface area contributed by atoms with E-state index in [4.69, 9.17) is 5.73 Å². The van der Waals surface area contributed by atoms with Crippen LogP contribution in [0.3, 0.4) is 0 Å². The summed E-state index contributed by atoms with van der Waals surface area (Å²) in [6.45, 7) is 9.78. The highest BCUT2D eigenvalue weighted by Gasteiger charge is 2.08. The van der Waals surface area contributed by atoms with Gasteiger partial charge in [-0.2, -0.15) is 0 Å². The highest BCUT2D eigenvalue weighted by atomic mass is 15.2. The number of rotatable bonds is 6. The van der Waals surface area contributed by atoms with Gasteiger partial charge < -0.3 is 5.73 Å². The monoisotopic (exact) mass is 158 g/mol. The van der Waals surface area contributed by atoms with Crippen LogP contribution < -0.4 is 5.73 Å². The lowest BCUT2D eigenvalue weighted by atomic mass is 10.2. The summed E-state index contributed by atoms with van der Waals surface area (Å²) in [5.41, 5.74) is 5.59. The van der Waals surface area contributed by atoms with Crippen molar-refractivity contribution in [3.8, 4) is 0 Å². The molecule has 0 amide bonds. The maximum Gasteiger partial charge on any atom is 0.0190 e. The van der Waals surface area contributed by atoms with Crippen molar-refractivity contribution in [3.63, 3.8) is 0 Å². The van der Waals surface area contributed by atoms with Crippen LogP contribution in [0, 0.1) is 0 Å². The molecule has 0 aromatic rings. The van der Waals surface area contributed by atoms with Crippen LogP contribution >= 0.6 is 0 Å². The van der Waals surface area contributed by atoms with E-state index in [0.717, 1.165) is 6.54 Å². The van der Waals surface area contributed by atoms with Crippen LogP contribution in [0.2, 0.25) is 0 Å². The van der Waals surface area contributed by atoms with Gasteiger partial charge in [-0.05, 0) is 32.9 Å². The van der Waals surface area contributed by atoms with Crippen molar-refractivity contribution in [2.75, 3.05) is 19.6 Å². The molecular weight excluding hydrogens is 136 g/mol. The summed E-state index contributed by atoms with van der Waals surface area (Å²) in [5, 5.41) is 0. The average Bonchev–Trinajstić information content (AvgIpc) is 2.03. The second-order valence-corrected chi connectivity index (χ2v) is 3.12. The third kappa shape index (κ3) is 4.38. The molecule has 1 atom stereocenters. The minimum absolute atomic E-state index is 0.551. The summed E-state index contributed by atoms with van der Waals surface area (Å²) in [6, 6.07) is 0.551. The molecule has 11 heavy (non-hydrogen) atoms. The Hall–Kier alpha value is -0.0800. The Kier molecular flexibility index (Phi) is 6.57. The molecule has 0 aliphatic heterocycles. The second-order valence-electron chi connectivity index (χ2n) is 3.12. The SMILES string of the molecule is CCCN(CCC)[C@H](C)CN. The summed E-state index contributed by atoms with van der Waals surface area (Å²) >= 11 is 0. The molecule has 0 spiro atoms. The molecule has 0 aromatic heterocycles. The van der Waals surface area contributed by atoms with Gasteiger partial charge in [-0.3, -0.25) is 4.90 Å². The average molecular weight is 158 g/mol. The van der Waals surface area contributed by atoms with Crippen molar-refractivity contribution >= 4 is 0 Å². The Morgan fingerprint density at radius 3 is 1.91 bits per heavy atom. The quantitative estimate of drug-likeness (QED) is 0.634. The van der Waals surface area contributed by atoms with Gasteiger partial charge >= 0.3 is 0 Å². The predicted molar refractivity (Wildman–Crippen MR) is 50.7 cm³/mol. The summed E-state index contributed by atoms with van der Waals surface area (Å²) in [5.74, 6) is 0. The highest BCUT2D eigenvalue weighted by molar-refractivity contribution is 4.66. The zero-order valence-corrected chi connectivity index (χ0v) is 8.14. The molecule has 0 saturated carbocycles. The molecule has 0 unspecified atom stereocenters. The van der Waals surface area contributed by atoms with Gasteiger partial charge in [-0.15, -0.1) is 0 Å². The van der Waals surface area contributed by atoms with Gasteiger partial charge in [-0.1, -0.05) is 13.8 Å². The minimum Gasteiger partial charge on any atom is -0.329 e. The van der Waals surface area contributed by atoms with E-state index in [-0.39, 0.29) is 0 Å². The maximum absolute atomic E-state index is 5.59. The van der Waals surface area contributed by atoms with E-state index in [2.05, 4.69) is 25.7 Å². The van der Waals surface area contributed by atoms with E-state index in [9.17, 15) is 0 Å². The topological polar surface area (TPSA) is 29.3 Å². The van der Waals surface area contributed by atoms with Crippen LogP contribution in [0.15, 0.2) is 0 Å². The molecule has 0 rings (SSSR count). The molecule has 0 aromatic carbocycles. The third-order valence-electron chi connectivity index (χ3n) is 1.99. The first-order valence-electron chi connectivity index (χ1n) is 4.70. The smallest absolute Gasteiger partial charge is 0.0190 e. The Morgan fingerprint density at radius 2 is 1.64 bits per heavy atom. The molecule has 2 N–H and O–H groups in total. The van der Waals surface area contributed by atoms with Crippen molar-refractivity contribution in [1.82, 2.24) is 4.90 Å². The van der Waals surface area contributed by atoms with E-state index in [1.807, 2.05) is 0 Å². The van der Waals surface area contributed by atoms with E-state index in [1.54, 1.807) is 0 Å². The van der Waals surface area contributed by atoms with Crippen LogP contribution in [0.1, 0.15) is 33.6 Å². The minimum atomic E-state index is 0.551. The molecule has 2 nitrogen and oxygen atoms in total. The maximum atomic E-state index is 5.59. The lowest BCUT2D eigenvalue weighted by molar-refractivity contribution is 0.214. The van der Waals surface area contributed by atoms with Gasteiger partial charge in [0, 0.05) is 12.6 Å². The first kappa shape index (κ1) is 10.9. The van der Waals surface area contributed by atoms with Gasteiger partial charge in [-0.25, -0.2) is 0 Å². The normalized spacial score (nSPS) is 13.9. The van der Waals surface area contributed by atoms with Crippen molar-refractivity contribution in [1.29, 1.82) is 0 Å². The Bertz CT molecular complexity index is 77.6. The summed E-state index contributed by atoms with van der Waals surface area (Å²) in [6.07, 6.45) is 2.45. The summed E-state index contributed by atoms with van der Waals surface area (Å²) in [7, 11) is 0. The van der Waals surface area contributed by atoms with Crippen LogP contribution in [-0.4, -0.2) is 30.6 Å². The Morgan fingerprint density at radius 1 is 1.18 bits per heavy atom. The number of hydrogen-bond acceptors (Lipinski definition) is 2. The third-order valence-corrected chi connectivity index (χ3v) is 1.99. The van der Waals surface area contributed by atoms with Gasteiger partial charge in [0.1, 0.15) is 0 Å². The van der Waals surface area contributed by atoms with Crippen molar-refractivity contribution in [2.45, 2.75) is 39.7 Å². The van der Waals surface area contributed by atoms with Gasteiger partial charge in [0.15, 0.2) is 0 Å². The highest BCUT2D eigenvalue weighted by Crippen LogP contribution is 1.99. The van der Waals surface area contributed by atoms with E-state index in [0.29, 0.717) is 6.04 Å². The fraction of sp³-hybridized carbons (Fsp3) is 1.00. The van der Waals surface area contributed by atoms with E-state index >= 15 is 0 Å². The number of hydrogen-bond donors (Lipinski definition) is 1. The molecular formula is C9H22N2. The van der Waals surface area contributed by atoms with Gasteiger partial charge in [0.05, 0.1) is 0 Å². The summed E-state index contributed by atoms with van der Waals surface area (Å²) < 4.78 is 0. The van der Waals surface area contributed by atoms with Gasteiger partial charge in [0.25, 0.3) is 0 Å². The fourth-order valence-corrected chi connectivity index (χ4v) is 1.28. The van der Waals surface area contributed by atoms with Crippen molar-refractivity contribution < 1.29 is 0 Å². The standard InChI is InChI=1S/C9H22N2/c1-4-6-11(7-5-2)9(3)8-10/h9H,4-8,10H2,1-3H3/t9-/m1/s1. The number of nitrogens with two attached hydrogens (primary N) is 1. The Labute approximate surface area is 70.8 Å². The molecule has 0 saturated heterocycles. The lowest BCUT2D eigenvalue weighted by Gasteiger charge is -2.27. The van der Waals surface area contributed by atoms with E-state index < -0.39 is 0 Å². The molecule has 0 fully saturated rings. The fourth-order valence-electron chi connectivity index (χ4n) is 1.28. The van der Waals surface area contributed by atoms with Gasteiger partial charge in [0.2, 0.25) is 0 Å². The van der Waals surface area contributed by atoms with Crippen LogP contribution in [0.5, 0.6) is 0 Å². The molecule has 0 bridgehead atoms. The first-order chi connectivity index (χ1) is 5.26. The molecule has 68 valence electrons. The zero-order valence-electron chi connectivity index (χ0n) is 8.14. The molecule has 0 aliphatic rings. The van der Waals surface area contributed by atoms with Crippen LogP contribution in [0.4, 0.5) is 0 Å². The van der Waals surface area contributed by atoms with E-state index in [1.165, 1.54) is 25.9 Å². The summed E-state index contributed by atoms with van der Waals surface area (Å²) in [4.78, 5) is 2.46. The van der Waals surface area contributed by atoms with Crippen LogP contribution in [-0.2, 0) is 0 Å². The molecule has 0 aliphatic carbocycles. The predicted octanol–water partition coefficient (Wildman–Crippen LogP) is 1.46.